The molecule has 2 rings (SSSR count). The molecule has 1 aliphatic heterocycles. The number of hydrogen-bond acceptors (Lipinski definition) is 11. The Morgan fingerprint density at radius 1 is 0.891 bits per heavy atom. The zero-order valence-corrected chi connectivity index (χ0v) is 41.2. The number of esters is 1. The number of nitrogens with one attached hydrogen (secondary N) is 3. The van der Waals surface area contributed by atoms with Crippen LogP contribution in [0.5, 0.6) is 0 Å². The third kappa shape index (κ3) is 16.5. The van der Waals surface area contributed by atoms with Gasteiger partial charge in [0.05, 0.1) is 49.8 Å². The molecule has 64 heavy (non-hydrogen) atoms. The molecule has 1 aliphatic rings. The highest BCUT2D eigenvalue weighted by Crippen LogP contribution is 2.29. The zero-order chi connectivity index (χ0) is 48.5. The number of hydrogen-bond donors (Lipinski definition) is 3. The van der Waals surface area contributed by atoms with Crippen molar-refractivity contribution < 1.29 is 47.7 Å². The molecule has 0 saturated carbocycles. The highest BCUT2D eigenvalue weighted by atomic mass is 16.6. The predicted octanol–water partition coefficient (Wildman–Crippen LogP) is 4.74. The number of likely N-dealkylation sites (tertiary alicyclic amines) is 1. The third-order valence-electron chi connectivity index (χ3n) is 11.9. The first-order chi connectivity index (χ1) is 30.0. The summed E-state index contributed by atoms with van der Waals surface area (Å²) in [5, 5.41) is 8.65. The van der Waals surface area contributed by atoms with Gasteiger partial charge in [-0.15, -0.1) is 0 Å². The Labute approximate surface area is 382 Å². The first-order valence-electron chi connectivity index (χ1n) is 22.7. The summed E-state index contributed by atoms with van der Waals surface area (Å²) < 4.78 is 22.3. The molecule has 1 aromatic carbocycles. The molecule has 16 heteroatoms. The van der Waals surface area contributed by atoms with Crippen molar-refractivity contribution in [1.29, 1.82) is 0 Å². The average molecular weight is 901 g/mol. The molecule has 1 heterocycles. The van der Waals surface area contributed by atoms with Crippen LogP contribution < -0.4 is 16.0 Å². The minimum atomic E-state index is -0.917. The molecule has 1 fully saturated rings. The first-order valence-corrected chi connectivity index (χ1v) is 22.7. The van der Waals surface area contributed by atoms with E-state index in [1.807, 2.05) is 76.9 Å². The summed E-state index contributed by atoms with van der Waals surface area (Å²) in [6, 6.07) is 5.80. The quantitative estimate of drug-likeness (QED) is 0.0700. The van der Waals surface area contributed by atoms with Crippen LogP contribution in [0.25, 0.3) is 0 Å². The van der Waals surface area contributed by atoms with Gasteiger partial charge in [0.25, 0.3) is 0 Å². The van der Waals surface area contributed by atoms with Gasteiger partial charge in [0.1, 0.15) is 17.7 Å². The van der Waals surface area contributed by atoms with Gasteiger partial charge >= 0.3 is 12.1 Å². The summed E-state index contributed by atoms with van der Waals surface area (Å²) >= 11 is 0. The summed E-state index contributed by atoms with van der Waals surface area (Å²) in [6.45, 7) is 22.3. The smallest absolute Gasteiger partial charge is 0.407 e. The second kappa shape index (κ2) is 26.4. The fourth-order valence-electron chi connectivity index (χ4n) is 8.48. The van der Waals surface area contributed by atoms with Crippen molar-refractivity contribution in [3.05, 3.63) is 48.0 Å². The van der Waals surface area contributed by atoms with E-state index in [1.165, 1.54) is 26.2 Å². The fourth-order valence-corrected chi connectivity index (χ4v) is 8.48. The maximum Gasteiger partial charge on any atom is 0.407 e. The SMILES string of the molecule is C=C(CC)[C@@H]([C@@H](CC(=O)N1CCC[C@H]1[C@H](OC)[C@@H](C)C(=O)N[C@@H](Cc1ccccc1)C(=O)OC)OC)N(C)C(=O)[C@@H](NC(=O)[C@H](C(C)C)N(C)CCCNC(=O)OC(C)(C)C)C(C)C. The molecule has 8 atom stereocenters. The highest BCUT2D eigenvalue weighted by molar-refractivity contribution is 5.90. The van der Waals surface area contributed by atoms with Gasteiger partial charge in [0.15, 0.2) is 0 Å². The number of nitrogens with zero attached hydrogens (tertiary/aromatic N) is 3. The number of ether oxygens (including phenoxy) is 4. The van der Waals surface area contributed by atoms with Crippen molar-refractivity contribution in [2.75, 3.05) is 55.1 Å². The van der Waals surface area contributed by atoms with Crippen molar-refractivity contribution in [3.63, 3.8) is 0 Å². The Morgan fingerprint density at radius 2 is 1.53 bits per heavy atom. The molecule has 0 unspecified atom stereocenters. The fraction of sp³-hybridized carbons (Fsp3) is 0.708. The van der Waals surface area contributed by atoms with Gasteiger partial charge in [-0.3, -0.25) is 24.1 Å². The molecule has 5 amide bonds. The van der Waals surface area contributed by atoms with Crippen LogP contribution in [0.4, 0.5) is 4.79 Å². The van der Waals surface area contributed by atoms with Crippen LogP contribution in [0.2, 0.25) is 0 Å². The number of likely N-dealkylation sites (N-methyl/N-ethyl adjacent to an activating group) is 2. The molecular formula is C48H80N6O10. The molecule has 3 N–H and O–H groups in total. The van der Waals surface area contributed by atoms with Crippen molar-refractivity contribution in [1.82, 2.24) is 30.7 Å². The van der Waals surface area contributed by atoms with Crippen LogP contribution in [-0.4, -0.2) is 153 Å². The predicted molar refractivity (Wildman–Crippen MR) is 247 cm³/mol. The topological polar surface area (TPSA) is 185 Å². The number of carbonyl (C=O) groups is 6. The van der Waals surface area contributed by atoms with Gasteiger partial charge in [-0.2, -0.15) is 0 Å². The number of amides is 5. The maximum atomic E-state index is 14.5. The lowest BCUT2D eigenvalue weighted by atomic mass is 9.92. The lowest BCUT2D eigenvalue weighted by Crippen LogP contribution is -2.59. The van der Waals surface area contributed by atoms with Gasteiger partial charge in [-0.25, -0.2) is 9.59 Å². The molecule has 16 nitrogen and oxygen atoms in total. The normalized spacial score (nSPS) is 17.5. The average Bonchev–Trinajstić information content (AvgIpc) is 3.72. The summed E-state index contributed by atoms with van der Waals surface area (Å²) in [7, 11) is 7.78. The molecule has 1 saturated heterocycles. The van der Waals surface area contributed by atoms with E-state index in [-0.39, 0.29) is 42.4 Å². The summed E-state index contributed by atoms with van der Waals surface area (Å²) in [6.07, 6.45) is 0.538. The van der Waals surface area contributed by atoms with Crippen LogP contribution in [0.3, 0.4) is 0 Å². The van der Waals surface area contributed by atoms with E-state index in [2.05, 4.69) is 22.5 Å². The molecule has 362 valence electrons. The van der Waals surface area contributed by atoms with Crippen LogP contribution in [0, 0.1) is 17.8 Å². The number of alkyl carbamates (subject to hydrolysis) is 1. The Balaban J connectivity index is 2.24. The Morgan fingerprint density at radius 3 is 2.06 bits per heavy atom. The Bertz CT molecular complexity index is 1680. The molecule has 0 bridgehead atoms. The minimum absolute atomic E-state index is 0.0888. The molecule has 0 radical (unpaired) electrons. The van der Waals surface area contributed by atoms with Crippen LogP contribution in [0.15, 0.2) is 42.5 Å². The van der Waals surface area contributed by atoms with Crippen LogP contribution >= 0.6 is 0 Å². The maximum absolute atomic E-state index is 14.5. The van der Waals surface area contributed by atoms with Crippen LogP contribution in [-0.2, 0) is 49.3 Å². The van der Waals surface area contributed by atoms with E-state index in [0.29, 0.717) is 50.9 Å². The van der Waals surface area contributed by atoms with Crippen molar-refractivity contribution in [2.45, 2.75) is 149 Å². The lowest BCUT2D eigenvalue weighted by molar-refractivity contribution is -0.147. The van der Waals surface area contributed by atoms with E-state index < -0.39 is 71.9 Å². The monoisotopic (exact) mass is 901 g/mol. The van der Waals surface area contributed by atoms with E-state index >= 15 is 0 Å². The molecule has 1 aromatic rings. The number of carbonyl (C=O) groups excluding carboxylic acids is 6. The molecular weight excluding hydrogens is 821 g/mol. The summed E-state index contributed by atoms with van der Waals surface area (Å²) in [4.78, 5) is 86.6. The standard InChI is InChI=1S/C48H80N6O10/c1-16-32(6)41(53(12)45(58)39(30(2)3)51-44(57)40(31(4)5)52(11)26-21-25-49-47(60)64-48(8,9)10)37(61-13)29-38(55)54-27-20-24-36(54)42(62-14)33(7)43(56)50-35(46(59)63-15)28-34-22-18-17-19-23-34/h17-19,22-23,30-31,33,35-37,39-42H,6,16,20-21,24-29H2,1-5,7-15H3,(H,49,60)(H,50,56)(H,51,57)/t33-,35+,36+,37-,39+,40+,41+,42-/m1/s1. The second-order valence-corrected chi connectivity index (χ2v) is 18.6. The Hall–Kier alpha value is -4.54. The van der Waals surface area contributed by atoms with Crippen LogP contribution in [0.1, 0.15) is 100.0 Å². The van der Waals surface area contributed by atoms with Gasteiger partial charge in [0, 0.05) is 47.3 Å². The van der Waals surface area contributed by atoms with Gasteiger partial charge in [0.2, 0.25) is 23.6 Å². The van der Waals surface area contributed by atoms with E-state index in [0.717, 1.165) is 5.56 Å². The van der Waals surface area contributed by atoms with Crippen molar-refractivity contribution in [3.8, 4) is 0 Å². The molecule has 0 aliphatic carbocycles. The number of rotatable bonds is 25. The number of benzene rings is 1. The summed E-state index contributed by atoms with van der Waals surface area (Å²) in [5.74, 6) is -2.96. The van der Waals surface area contributed by atoms with E-state index in [9.17, 15) is 28.8 Å². The van der Waals surface area contributed by atoms with Crippen molar-refractivity contribution in [2.24, 2.45) is 17.8 Å². The second-order valence-electron chi connectivity index (χ2n) is 18.6. The third-order valence-corrected chi connectivity index (χ3v) is 11.9. The van der Waals surface area contributed by atoms with E-state index in [4.69, 9.17) is 18.9 Å². The summed E-state index contributed by atoms with van der Waals surface area (Å²) in [5.41, 5.74) is 0.929. The van der Waals surface area contributed by atoms with Crippen molar-refractivity contribution >= 4 is 35.7 Å². The zero-order valence-electron chi connectivity index (χ0n) is 41.2. The Kier molecular flexibility index (Phi) is 23.0. The number of methoxy groups -OCH3 is 3. The minimum Gasteiger partial charge on any atom is -0.467 e. The largest absolute Gasteiger partial charge is 0.467 e. The lowest BCUT2D eigenvalue weighted by Gasteiger charge is -2.39. The molecule has 0 spiro atoms. The van der Waals surface area contributed by atoms with E-state index in [1.54, 1.807) is 39.6 Å². The van der Waals surface area contributed by atoms with Gasteiger partial charge in [-0.1, -0.05) is 84.0 Å². The van der Waals surface area contributed by atoms with Gasteiger partial charge < -0.3 is 44.7 Å². The van der Waals surface area contributed by atoms with Gasteiger partial charge in [-0.05, 0) is 70.9 Å². The molecule has 0 aromatic heterocycles. The first kappa shape index (κ1) is 55.6. The highest BCUT2D eigenvalue weighted by Gasteiger charge is 2.43.